The maximum absolute atomic E-state index is 6.07. The Morgan fingerprint density at radius 2 is 2.00 bits per heavy atom. The lowest BCUT2D eigenvalue weighted by Gasteiger charge is -2.26. The van der Waals surface area contributed by atoms with Crippen LogP contribution in [0.5, 0.6) is 5.75 Å². The van der Waals surface area contributed by atoms with Gasteiger partial charge in [-0.1, -0.05) is 25.5 Å². The van der Waals surface area contributed by atoms with Gasteiger partial charge < -0.3 is 10.1 Å². The molecule has 0 heterocycles. The van der Waals surface area contributed by atoms with E-state index in [0.717, 1.165) is 25.1 Å². The van der Waals surface area contributed by atoms with E-state index < -0.39 is 0 Å². The lowest BCUT2D eigenvalue weighted by Crippen LogP contribution is -2.42. The highest BCUT2D eigenvalue weighted by atomic mass is 16.5. The first-order valence-electron chi connectivity index (χ1n) is 6.89. The molecule has 0 aliphatic carbocycles. The maximum atomic E-state index is 6.07. The van der Waals surface area contributed by atoms with E-state index in [9.17, 15) is 0 Å². The summed E-state index contributed by atoms with van der Waals surface area (Å²) in [6.07, 6.45) is 2.47. The highest BCUT2D eigenvalue weighted by Gasteiger charge is 2.14. The van der Waals surface area contributed by atoms with Crippen molar-refractivity contribution in [2.45, 2.75) is 59.1 Å². The third kappa shape index (κ3) is 6.06. The highest BCUT2D eigenvalue weighted by molar-refractivity contribution is 5.27. The average molecular weight is 249 g/mol. The third-order valence-corrected chi connectivity index (χ3v) is 2.76. The van der Waals surface area contributed by atoms with Gasteiger partial charge in [-0.05, 0) is 51.8 Å². The zero-order chi connectivity index (χ0) is 13.6. The molecule has 0 amide bonds. The molecule has 0 aliphatic rings. The van der Waals surface area contributed by atoms with Gasteiger partial charge in [0.05, 0.1) is 0 Å². The Morgan fingerprint density at radius 3 is 2.56 bits per heavy atom. The number of nitrogens with one attached hydrogen (secondary N) is 1. The van der Waals surface area contributed by atoms with Gasteiger partial charge in [0.15, 0.2) is 0 Å². The van der Waals surface area contributed by atoms with Gasteiger partial charge in [-0.15, -0.1) is 0 Å². The molecule has 2 nitrogen and oxygen atoms in total. The van der Waals surface area contributed by atoms with Crippen LogP contribution in [0.2, 0.25) is 0 Å². The second-order valence-electron chi connectivity index (χ2n) is 5.98. The summed E-state index contributed by atoms with van der Waals surface area (Å²) in [6, 6.07) is 8.27. The number of ether oxygens (including phenoxy) is 1. The molecule has 1 rings (SSSR count). The summed E-state index contributed by atoms with van der Waals surface area (Å²) in [5, 5.41) is 3.52. The zero-order valence-electron chi connectivity index (χ0n) is 12.4. The fraction of sp³-hybridized carbons (Fsp3) is 0.625. The van der Waals surface area contributed by atoms with Crippen molar-refractivity contribution in [3.8, 4) is 5.75 Å². The Hall–Kier alpha value is -1.02. The molecule has 2 heteroatoms. The second-order valence-corrected chi connectivity index (χ2v) is 5.98. The van der Waals surface area contributed by atoms with Crippen molar-refractivity contribution in [3.05, 3.63) is 29.8 Å². The van der Waals surface area contributed by atoms with Gasteiger partial charge in [0, 0.05) is 12.1 Å². The van der Waals surface area contributed by atoms with Crippen LogP contribution in [0.15, 0.2) is 24.3 Å². The predicted octanol–water partition coefficient (Wildman–Crippen LogP) is 3.93. The summed E-state index contributed by atoms with van der Waals surface area (Å²) < 4.78 is 6.07. The summed E-state index contributed by atoms with van der Waals surface area (Å²) in [7, 11) is 0. The van der Waals surface area contributed by atoms with Crippen molar-refractivity contribution in [1.29, 1.82) is 0 Å². The molecule has 1 N–H and O–H groups in total. The van der Waals surface area contributed by atoms with Crippen LogP contribution in [0.25, 0.3) is 0 Å². The molecule has 0 radical (unpaired) electrons. The Balaban J connectivity index is 2.57. The van der Waals surface area contributed by atoms with Crippen molar-refractivity contribution in [2.24, 2.45) is 0 Å². The molecule has 1 unspecified atom stereocenters. The number of aryl methyl sites for hydroxylation is 1. The van der Waals surface area contributed by atoms with Crippen molar-refractivity contribution < 1.29 is 4.74 Å². The summed E-state index contributed by atoms with van der Waals surface area (Å²) in [5.74, 6) is 0.976. The first-order valence-corrected chi connectivity index (χ1v) is 6.89. The fourth-order valence-corrected chi connectivity index (χ4v) is 1.83. The van der Waals surface area contributed by atoms with Crippen LogP contribution >= 0.6 is 0 Å². The standard InChI is InChI=1S/C16H27NO/c1-6-8-15(12-17-16(3,4)5)18-14-10-7-9-13(2)11-14/h7,9-11,15,17H,6,8,12H2,1-5H3. The van der Waals surface area contributed by atoms with E-state index in [2.05, 4.69) is 52.1 Å². The van der Waals surface area contributed by atoms with Gasteiger partial charge in [0.2, 0.25) is 0 Å². The second kappa shape index (κ2) is 6.79. The van der Waals surface area contributed by atoms with E-state index in [1.54, 1.807) is 0 Å². The monoisotopic (exact) mass is 249 g/mol. The number of rotatable bonds is 6. The van der Waals surface area contributed by atoms with Crippen LogP contribution < -0.4 is 10.1 Å². The van der Waals surface area contributed by atoms with Gasteiger partial charge in [-0.2, -0.15) is 0 Å². The SMILES string of the molecule is CCCC(CNC(C)(C)C)Oc1cccc(C)c1. The Bertz CT molecular complexity index is 354. The van der Waals surface area contributed by atoms with Crippen LogP contribution in [0.3, 0.4) is 0 Å². The van der Waals surface area contributed by atoms with Crippen LogP contribution in [0.4, 0.5) is 0 Å². The van der Waals surface area contributed by atoms with Crippen LogP contribution in [-0.4, -0.2) is 18.2 Å². The Morgan fingerprint density at radius 1 is 1.28 bits per heavy atom. The molecule has 1 aromatic rings. The minimum atomic E-state index is 0.141. The van der Waals surface area contributed by atoms with E-state index in [4.69, 9.17) is 4.74 Å². The molecule has 0 saturated carbocycles. The molecule has 18 heavy (non-hydrogen) atoms. The highest BCUT2D eigenvalue weighted by Crippen LogP contribution is 2.16. The van der Waals surface area contributed by atoms with Crippen molar-refractivity contribution >= 4 is 0 Å². The molecule has 102 valence electrons. The van der Waals surface area contributed by atoms with Gasteiger partial charge in [-0.3, -0.25) is 0 Å². The summed E-state index contributed by atoms with van der Waals surface area (Å²) >= 11 is 0. The van der Waals surface area contributed by atoms with Gasteiger partial charge in [-0.25, -0.2) is 0 Å². The van der Waals surface area contributed by atoms with Gasteiger partial charge in [0.25, 0.3) is 0 Å². The quantitative estimate of drug-likeness (QED) is 0.824. The molecule has 1 atom stereocenters. The van der Waals surface area contributed by atoms with Crippen LogP contribution in [0.1, 0.15) is 46.1 Å². The Kier molecular flexibility index (Phi) is 5.67. The van der Waals surface area contributed by atoms with E-state index in [0.29, 0.717) is 0 Å². The molecule has 1 aromatic carbocycles. The van der Waals surface area contributed by atoms with E-state index in [1.165, 1.54) is 5.56 Å². The first kappa shape index (κ1) is 15.0. The van der Waals surface area contributed by atoms with Crippen molar-refractivity contribution in [2.75, 3.05) is 6.54 Å². The smallest absolute Gasteiger partial charge is 0.120 e. The number of hydrogen-bond donors (Lipinski definition) is 1. The van der Waals surface area contributed by atoms with Crippen molar-refractivity contribution in [3.63, 3.8) is 0 Å². The molecule has 0 bridgehead atoms. The maximum Gasteiger partial charge on any atom is 0.120 e. The third-order valence-electron chi connectivity index (χ3n) is 2.76. The fourth-order valence-electron chi connectivity index (χ4n) is 1.83. The summed E-state index contributed by atoms with van der Waals surface area (Å²) in [5.41, 5.74) is 1.38. The number of hydrogen-bond acceptors (Lipinski definition) is 2. The minimum Gasteiger partial charge on any atom is -0.489 e. The predicted molar refractivity (Wildman–Crippen MR) is 78.3 cm³/mol. The van der Waals surface area contributed by atoms with E-state index in [1.807, 2.05) is 12.1 Å². The van der Waals surface area contributed by atoms with Crippen LogP contribution in [-0.2, 0) is 0 Å². The van der Waals surface area contributed by atoms with Gasteiger partial charge in [0.1, 0.15) is 11.9 Å². The minimum absolute atomic E-state index is 0.141. The van der Waals surface area contributed by atoms with E-state index >= 15 is 0 Å². The number of benzene rings is 1. The first-order chi connectivity index (χ1) is 8.40. The zero-order valence-corrected chi connectivity index (χ0v) is 12.4. The van der Waals surface area contributed by atoms with Crippen molar-refractivity contribution in [1.82, 2.24) is 5.32 Å². The topological polar surface area (TPSA) is 21.3 Å². The molecular weight excluding hydrogens is 222 g/mol. The van der Waals surface area contributed by atoms with Gasteiger partial charge >= 0.3 is 0 Å². The molecule has 0 fully saturated rings. The Labute approximate surface area is 112 Å². The lowest BCUT2D eigenvalue weighted by molar-refractivity contribution is 0.175. The van der Waals surface area contributed by atoms with Crippen LogP contribution in [0, 0.1) is 6.92 Å². The summed E-state index contributed by atoms with van der Waals surface area (Å²) in [6.45, 7) is 11.7. The largest absolute Gasteiger partial charge is 0.489 e. The molecule has 0 spiro atoms. The molecule has 0 saturated heterocycles. The summed E-state index contributed by atoms with van der Waals surface area (Å²) in [4.78, 5) is 0. The normalized spacial score (nSPS) is 13.4. The lowest BCUT2D eigenvalue weighted by atomic mass is 10.1. The average Bonchev–Trinajstić information content (AvgIpc) is 2.25. The van der Waals surface area contributed by atoms with E-state index in [-0.39, 0.29) is 11.6 Å². The molecule has 0 aliphatic heterocycles. The molecular formula is C16H27NO. The molecule has 0 aromatic heterocycles.